The molecule has 0 saturated heterocycles. The van der Waals surface area contributed by atoms with Crippen molar-refractivity contribution in [2.45, 2.75) is 51.7 Å². The maximum Gasteiger partial charge on any atom is 0.446 e. The summed E-state index contributed by atoms with van der Waals surface area (Å²) in [5, 5.41) is 9.46. The Morgan fingerprint density at radius 2 is 1.02 bits per heavy atom. The topological polar surface area (TPSA) is 228 Å². The van der Waals surface area contributed by atoms with Gasteiger partial charge in [-0.25, -0.2) is 9.97 Å². The number of benzene rings is 4. The van der Waals surface area contributed by atoms with Crippen LogP contribution in [0.4, 0.5) is 0 Å². The van der Waals surface area contributed by atoms with Gasteiger partial charge in [-0.05, 0) is 85.6 Å². The van der Waals surface area contributed by atoms with Crippen molar-refractivity contribution in [2.24, 2.45) is 0 Å². The molecule has 0 spiro atoms. The zero-order chi connectivity index (χ0) is 40.2. The summed E-state index contributed by atoms with van der Waals surface area (Å²) in [7, 11) is -9.39. The van der Waals surface area contributed by atoms with Crippen molar-refractivity contribution in [2.75, 3.05) is 0 Å². The lowest BCUT2D eigenvalue weighted by molar-refractivity contribution is 0.384. The lowest BCUT2D eigenvalue weighted by atomic mass is 10.1. The molecular formula is C38H35N7O10S2. The first-order valence-electron chi connectivity index (χ1n) is 17.7. The van der Waals surface area contributed by atoms with Crippen molar-refractivity contribution in [3.8, 4) is 34.3 Å². The second-order valence-electron chi connectivity index (χ2n) is 13.1. The molecule has 4 aromatic carbocycles. The first-order chi connectivity index (χ1) is 27.3. The Kier molecular flexibility index (Phi) is 11.2. The first-order valence-corrected chi connectivity index (χ1v) is 20.5. The van der Waals surface area contributed by atoms with E-state index in [1.165, 1.54) is 41.0 Å². The summed E-state index contributed by atoms with van der Waals surface area (Å²) in [5.41, 5.74) is 2.16. The van der Waals surface area contributed by atoms with Crippen LogP contribution in [0.2, 0.25) is 0 Å². The average Bonchev–Trinajstić information content (AvgIpc) is 3.62. The van der Waals surface area contributed by atoms with E-state index in [2.05, 4.69) is 18.7 Å². The molecular weight excluding hydrogens is 779 g/mol. The van der Waals surface area contributed by atoms with Crippen LogP contribution in [0, 0.1) is 0 Å². The highest BCUT2D eigenvalue weighted by Gasteiger charge is 2.17. The highest BCUT2D eigenvalue weighted by molar-refractivity contribution is 7.81. The Morgan fingerprint density at radius 1 is 0.561 bits per heavy atom. The molecule has 0 saturated carbocycles. The number of para-hydroxylation sites is 2. The van der Waals surface area contributed by atoms with E-state index in [0.717, 1.165) is 25.7 Å². The number of fused-ring (bicyclic) bond motifs is 2. The van der Waals surface area contributed by atoms with Gasteiger partial charge >= 0.3 is 20.8 Å². The van der Waals surface area contributed by atoms with Gasteiger partial charge in [-0.15, -0.1) is 5.10 Å². The summed E-state index contributed by atoms with van der Waals surface area (Å²) in [6, 6.07) is 25.7. The van der Waals surface area contributed by atoms with E-state index in [4.69, 9.17) is 19.1 Å². The molecule has 7 aromatic rings. The van der Waals surface area contributed by atoms with Crippen LogP contribution in [0.15, 0.2) is 113 Å². The van der Waals surface area contributed by atoms with E-state index in [1.807, 2.05) is 0 Å². The van der Waals surface area contributed by atoms with Crippen LogP contribution >= 0.6 is 0 Å². The van der Waals surface area contributed by atoms with Gasteiger partial charge in [-0.2, -0.15) is 16.8 Å². The predicted molar refractivity (Wildman–Crippen MR) is 209 cm³/mol. The number of rotatable bonds is 16. The number of nitrogens with zero attached hydrogens (tertiary/aromatic N) is 7. The molecule has 0 fully saturated rings. The van der Waals surface area contributed by atoms with Crippen molar-refractivity contribution >= 4 is 42.6 Å². The standard InChI is InChI=1S/C38H35N7O10S2/c46-37-31-10-4-6-12-33(31)39-35(26-14-18-29(19-15-26)54-56(48,49)50)44(37)23-9-3-1-2-8-22-43-24-28(41-42-43)25-45-36(40-34-13-7-5-11-32(34)38(45)47)27-16-20-30(21-17-27)55-57(51,52)53/h4-7,10-21,24H,1-3,8-9,22-23,25H2,(H,48,49,50)(H,51,52,53). The summed E-state index contributed by atoms with van der Waals surface area (Å²) >= 11 is 0. The molecule has 3 aromatic heterocycles. The van der Waals surface area contributed by atoms with E-state index >= 15 is 0 Å². The van der Waals surface area contributed by atoms with Gasteiger partial charge in [0.1, 0.15) is 28.8 Å². The Hall–Kier alpha value is -6.28. The second kappa shape index (κ2) is 16.4. The van der Waals surface area contributed by atoms with Gasteiger partial charge in [-0.1, -0.05) is 48.7 Å². The molecule has 2 N–H and O–H groups in total. The van der Waals surface area contributed by atoms with Crippen molar-refractivity contribution in [3.63, 3.8) is 0 Å². The number of aromatic nitrogens is 7. The summed E-state index contributed by atoms with van der Waals surface area (Å²) < 4.78 is 76.4. The van der Waals surface area contributed by atoms with Crippen molar-refractivity contribution < 1.29 is 34.3 Å². The quantitative estimate of drug-likeness (QED) is 0.0957. The highest BCUT2D eigenvalue weighted by atomic mass is 32.3. The van der Waals surface area contributed by atoms with Gasteiger partial charge < -0.3 is 8.37 Å². The van der Waals surface area contributed by atoms with Crippen molar-refractivity contribution in [1.29, 1.82) is 0 Å². The van der Waals surface area contributed by atoms with Gasteiger partial charge in [0, 0.05) is 24.2 Å². The molecule has 0 aliphatic rings. The summed E-state index contributed by atoms with van der Waals surface area (Å²) in [6.07, 6.45) is 5.91. The number of hydrogen-bond donors (Lipinski definition) is 2. The van der Waals surface area contributed by atoms with Crippen LogP contribution in [0.1, 0.15) is 37.8 Å². The minimum Gasteiger partial charge on any atom is -0.362 e. The van der Waals surface area contributed by atoms with Crippen LogP contribution in [-0.2, 0) is 40.4 Å². The van der Waals surface area contributed by atoms with Gasteiger partial charge in [0.15, 0.2) is 0 Å². The summed E-state index contributed by atoms with van der Waals surface area (Å²) in [4.78, 5) is 36.7. The zero-order valence-corrected chi connectivity index (χ0v) is 31.7. The fraction of sp³-hybridized carbons (Fsp3) is 0.211. The minimum absolute atomic E-state index is 0.0722. The van der Waals surface area contributed by atoms with Crippen LogP contribution in [0.5, 0.6) is 11.5 Å². The van der Waals surface area contributed by atoms with Gasteiger partial charge in [0.25, 0.3) is 11.1 Å². The molecule has 0 amide bonds. The largest absolute Gasteiger partial charge is 0.446 e. The van der Waals surface area contributed by atoms with Crippen LogP contribution in [-0.4, -0.2) is 60.0 Å². The lowest BCUT2D eigenvalue weighted by Crippen LogP contribution is -2.24. The summed E-state index contributed by atoms with van der Waals surface area (Å²) in [5.74, 6) is 0.561. The third kappa shape index (κ3) is 9.58. The second-order valence-corrected chi connectivity index (χ2v) is 15.1. The number of aryl methyl sites for hydroxylation is 1. The third-order valence-corrected chi connectivity index (χ3v) is 9.83. The van der Waals surface area contributed by atoms with Gasteiger partial charge in [-0.3, -0.25) is 32.5 Å². The molecule has 0 aliphatic heterocycles. The maximum atomic E-state index is 13.7. The molecule has 0 atom stereocenters. The van der Waals surface area contributed by atoms with E-state index < -0.39 is 20.8 Å². The monoisotopic (exact) mass is 813 g/mol. The molecule has 0 unspecified atom stereocenters. The first kappa shape index (κ1) is 39.0. The fourth-order valence-electron chi connectivity index (χ4n) is 6.45. The molecule has 0 aliphatic carbocycles. The molecule has 57 heavy (non-hydrogen) atoms. The smallest absolute Gasteiger partial charge is 0.362 e. The number of unbranched alkanes of at least 4 members (excludes halogenated alkanes) is 4. The Balaban J connectivity index is 0.973. The Labute approximate surface area is 325 Å². The van der Waals surface area contributed by atoms with Gasteiger partial charge in [0.05, 0.1) is 34.5 Å². The normalized spacial score (nSPS) is 12.0. The minimum atomic E-state index is -4.71. The van der Waals surface area contributed by atoms with Crippen LogP contribution in [0.3, 0.4) is 0 Å². The Morgan fingerprint density at radius 3 is 1.54 bits per heavy atom. The van der Waals surface area contributed by atoms with Crippen LogP contribution in [0.25, 0.3) is 44.6 Å². The number of hydrogen-bond acceptors (Lipinski definition) is 12. The van der Waals surface area contributed by atoms with E-state index in [0.29, 0.717) is 69.8 Å². The fourth-order valence-corrected chi connectivity index (χ4v) is 7.16. The molecule has 0 bridgehead atoms. The Bertz CT molecular complexity index is 2910. The maximum absolute atomic E-state index is 13.7. The highest BCUT2D eigenvalue weighted by Crippen LogP contribution is 2.25. The zero-order valence-electron chi connectivity index (χ0n) is 30.1. The lowest BCUT2D eigenvalue weighted by Gasteiger charge is -2.14. The van der Waals surface area contributed by atoms with Crippen LogP contribution < -0.4 is 19.5 Å². The van der Waals surface area contributed by atoms with E-state index in [1.54, 1.807) is 76.1 Å². The molecule has 0 radical (unpaired) electrons. The predicted octanol–water partition coefficient (Wildman–Crippen LogP) is 5.09. The third-order valence-electron chi connectivity index (χ3n) is 9.03. The molecule has 3 heterocycles. The SMILES string of the molecule is O=c1c2ccccc2nc(-c2ccc(OS(=O)(=O)O)cc2)n1CCCCCCCn1cc(Cn2c(-c3ccc(OS(=O)(=O)O)cc3)nc3ccccc3c2=O)nn1. The van der Waals surface area contributed by atoms with E-state index in [9.17, 15) is 26.4 Å². The van der Waals surface area contributed by atoms with Gasteiger partial charge in [0.2, 0.25) is 0 Å². The molecule has 294 valence electrons. The van der Waals surface area contributed by atoms with E-state index in [-0.39, 0.29) is 29.2 Å². The summed E-state index contributed by atoms with van der Waals surface area (Å²) in [6.45, 7) is 1.08. The van der Waals surface area contributed by atoms with Crippen molar-refractivity contribution in [3.05, 3.63) is 130 Å². The molecule has 17 nitrogen and oxygen atoms in total. The van der Waals surface area contributed by atoms with Crippen molar-refractivity contribution in [1.82, 2.24) is 34.1 Å². The molecule has 7 rings (SSSR count). The molecule has 19 heteroatoms. The average molecular weight is 814 g/mol.